The predicted octanol–water partition coefficient (Wildman–Crippen LogP) is -0.896. The number of amides is 1. The van der Waals surface area contributed by atoms with E-state index in [1.807, 2.05) is 0 Å². The van der Waals surface area contributed by atoms with Crippen LogP contribution in [0.3, 0.4) is 0 Å². The first-order valence-corrected chi connectivity index (χ1v) is 5.05. The quantitative estimate of drug-likeness (QED) is 0.523. The first kappa shape index (κ1) is 15.4. The summed E-state index contributed by atoms with van der Waals surface area (Å²) in [5.74, 6) is -2.52. The van der Waals surface area contributed by atoms with Crippen LogP contribution in [0.5, 0.6) is 0 Å². The van der Waals surface area contributed by atoms with E-state index in [1.54, 1.807) is 13.8 Å². The topological polar surface area (TPSA) is 119 Å². The van der Waals surface area contributed by atoms with Crippen molar-refractivity contribution < 1.29 is 24.2 Å². The monoisotopic (exact) mass is 246 g/mol. The van der Waals surface area contributed by atoms with Crippen LogP contribution in [-0.2, 0) is 19.1 Å². The summed E-state index contributed by atoms with van der Waals surface area (Å²) in [6, 6.07) is -1.30. The molecule has 7 nitrogen and oxygen atoms in total. The lowest BCUT2D eigenvalue weighted by atomic mass is 9.92. The Bertz CT molecular complexity index is 314. The van der Waals surface area contributed by atoms with E-state index in [4.69, 9.17) is 10.8 Å². The summed E-state index contributed by atoms with van der Waals surface area (Å²) < 4.78 is 4.35. The minimum Gasteiger partial charge on any atom is -0.480 e. The van der Waals surface area contributed by atoms with Crippen LogP contribution in [0.2, 0.25) is 0 Å². The largest absolute Gasteiger partial charge is 0.480 e. The average molecular weight is 246 g/mol. The molecule has 4 N–H and O–H groups in total. The van der Waals surface area contributed by atoms with Crippen LogP contribution < -0.4 is 11.1 Å². The SMILES string of the molecule is COC(=O)C[C@H](NC(=O)C(C)(C)CN)C(=O)O. The zero-order chi connectivity index (χ0) is 13.6. The summed E-state index contributed by atoms with van der Waals surface area (Å²) in [6.07, 6.45) is -0.418. The maximum atomic E-state index is 11.7. The highest BCUT2D eigenvalue weighted by atomic mass is 16.5. The zero-order valence-electron chi connectivity index (χ0n) is 10.1. The van der Waals surface area contributed by atoms with Crippen LogP contribution >= 0.6 is 0 Å². The molecule has 0 saturated carbocycles. The van der Waals surface area contributed by atoms with Gasteiger partial charge in [-0.05, 0) is 13.8 Å². The van der Waals surface area contributed by atoms with Gasteiger partial charge in [-0.25, -0.2) is 4.79 Å². The Morgan fingerprint density at radius 1 is 1.41 bits per heavy atom. The second kappa shape index (κ2) is 6.19. The second-order valence-electron chi connectivity index (χ2n) is 4.23. The van der Waals surface area contributed by atoms with Gasteiger partial charge in [-0.3, -0.25) is 9.59 Å². The summed E-state index contributed by atoms with van der Waals surface area (Å²) in [4.78, 5) is 33.5. The third-order valence-electron chi connectivity index (χ3n) is 2.33. The highest BCUT2D eigenvalue weighted by molar-refractivity contribution is 5.89. The van der Waals surface area contributed by atoms with E-state index in [0.717, 1.165) is 7.11 Å². The van der Waals surface area contributed by atoms with E-state index in [2.05, 4.69) is 10.1 Å². The molecule has 0 spiro atoms. The number of hydrogen-bond acceptors (Lipinski definition) is 5. The number of aliphatic carboxylic acids is 1. The normalized spacial score (nSPS) is 12.7. The molecule has 0 heterocycles. The Balaban J connectivity index is 4.62. The Morgan fingerprint density at radius 3 is 2.29 bits per heavy atom. The van der Waals surface area contributed by atoms with Gasteiger partial charge in [0.05, 0.1) is 18.9 Å². The summed E-state index contributed by atoms with van der Waals surface area (Å²) in [5.41, 5.74) is 4.50. The van der Waals surface area contributed by atoms with Gasteiger partial charge in [-0.2, -0.15) is 0 Å². The van der Waals surface area contributed by atoms with Crippen LogP contribution in [0.4, 0.5) is 0 Å². The standard InChI is InChI=1S/C10H18N2O5/c1-10(2,5-11)9(16)12-6(8(14)15)4-7(13)17-3/h6H,4-5,11H2,1-3H3,(H,12,16)(H,14,15)/t6-/m0/s1. The third-order valence-corrected chi connectivity index (χ3v) is 2.33. The second-order valence-corrected chi connectivity index (χ2v) is 4.23. The van der Waals surface area contributed by atoms with Crippen LogP contribution in [-0.4, -0.2) is 42.6 Å². The van der Waals surface area contributed by atoms with Crippen molar-refractivity contribution >= 4 is 17.8 Å². The van der Waals surface area contributed by atoms with E-state index in [9.17, 15) is 14.4 Å². The molecule has 0 aliphatic heterocycles. The van der Waals surface area contributed by atoms with Crippen molar-refractivity contribution in [3.05, 3.63) is 0 Å². The summed E-state index contributed by atoms with van der Waals surface area (Å²) in [7, 11) is 1.15. The van der Waals surface area contributed by atoms with Gasteiger partial charge < -0.3 is 20.9 Å². The summed E-state index contributed by atoms with van der Waals surface area (Å²) in [5, 5.41) is 11.1. The lowest BCUT2D eigenvalue weighted by Gasteiger charge is -2.23. The Morgan fingerprint density at radius 2 is 1.94 bits per heavy atom. The molecule has 0 aromatic rings. The molecule has 0 fully saturated rings. The van der Waals surface area contributed by atoms with Crippen molar-refractivity contribution in [2.75, 3.05) is 13.7 Å². The van der Waals surface area contributed by atoms with E-state index < -0.39 is 35.7 Å². The molecule has 0 saturated heterocycles. The van der Waals surface area contributed by atoms with E-state index in [0.29, 0.717) is 0 Å². The molecule has 1 atom stereocenters. The number of hydrogen-bond donors (Lipinski definition) is 3. The number of nitrogens with two attached hydrogens (primary N) is 1. The van der Waals surface area contributed by atoms with Crippen molar-refractivity contribution in [2.24, 2.45) is 11.1 Å². The lowest BCUT2D eigenvalue weighted by molar-refractivity contribution is -0.149. The Labute approximate surface area is 99.3 Å². The van der Waals surface area contributed by atoms with Gasteiger partial charge in [-0.15, -0.1) is 0 Å². The zero-order valence-corrected chi connectivity index (χ0v) is 10.1. The minimum absolute atomic E-state index is 0.0728. The molecule has 0 bridgehead atoms. The number of nitrogens with one attached hydrogen (secondary N) is 1. The van der Waals surface area contributed by atoms with E-state index >= 15 is 0 Å². The van der Waals surface area contributed by atoms with Gasteiger partial charge in [0.2, 0.25) is 5.91 Å². The molecule has 98 valence electrons. The molecular weight excluding hydrogens is 228 g/mol. The number of carboxylic acid groups (broad SMARTS) is 1. The van der Waals surface area contributed by atoms with Crippen LogP contribution in [0, 0.1) is 5.41 Å². The number of methoxy groups -OCH3 is 1. The number of carbonyl (C=O) groups excluding carboxylic acids is 2. The van der Waals surface area contributed by atoms with Crippen LogP contribution in [0.25, 0.3) is 0 Å². The molecule has 0 aliphatic rings. The van der Waals surface area contributed by atoms with Crippen molar-refractivity contribution in [3.63, 3.8) is 0 Å². The van der Waals surface area contributed by atoms with Crippen molar-refractivity contribution in [1.82, 2.24) is 5.32 Å². The summed E-state index contributed by atoms with van der Waals surface area (Å²) >= 11 is 0. The third kappa shape index (κ3) is 4.81. The molecule has 0 aromatic heterocycles. The molecular formula is C10H18N2O5. The average Bonchev–Trinajstić information content (AvgIpc) is 2.27. The highest BCUT2D eigenvalue weighted by Gasteiger charge is 2.31. The Kier molecular flexibility index (Phi) is 5.60. The molecule has 0 radical (unpaired) electrons. The maximum Gasteiger partial charge on any atom is 0.326 e. The molecule has 17 heavy (non-hydrogen) atoms. The number of carbonyl (C=O) groups is 3. The Hall–Kier alpha value is -1.63. The molecule has 7 heteroatoms. The van der Waals surface area contributed by atoms with E-state index in [1.165, 1.54) is 0 Å². The lowest BCUT2D eigenvalue weighted by Crippen LogP contribution is -2.49. The van der Waals surface area contributed by atoms with Gasteiger partial charge in [-0.1, -0.05) is 0 Å². The van der Waals surface area contributed by atoms with Crippen LogP contribution in [0.1, 0.15) is 20.3 Å². The molecule has 1 amide bonds. The molecule has 0 aromatic carbocycles. The van der Waals surface area contributed by atoms with Crippen molar-refractivity contribution in [2.45, 2.75) is 26.3 Å². The molecule has 0 rings (SSSR count). The fourth-order valence-electron chi connectivity index (χ4n) is 0.896. The number of carboxylic acids is 1. The predicted molar refractivity (Wildman–Crippen MR) is 59.0 cm³/mol. The first-order valence-electron chi connectivity index (χ1n) is 5.05. The fourth-order valence-corrected chi connectivity index (χ4v) is 0.896. The van der Waals surface area contributed by atoms with Gasteiger partial charge >= 0.3 is 11.9 Å². The van der Waals surface area contributed by atoms with Crippen molar-refractivity contribution in [3.8, 4) is 0 Å². The molecule has 0 aliphatic carbocycles. The van der Waals surface area contributed by atoms with Crippen molar-refractivity contribution in [1.29, 1.82) is 0 Å². The smallest absolute Gasteiger partial charge is 0.326 e. The maximum absolute atomic E-state index is 11.7. The van der Waals surface area contributed by atoms with E-state index in [-0.39, 0.29) is 6.54 Å². The fraction of sp³-hybridized carbons (Fsp3) is 0.700. The van der Waals surface area contributed by atoms with Crippen LogP contribution in [0.15, 0.2) is 0 Å². The highest BCUT2D eigenvalue weighted by Crippen LogP contribution is 2.13. The number of esters is 1. The van der Waals surface area contributed by atoms with Gasteiger partial charge in [0, 0.05) is 6.54 Å². The van der Waals surface area contributed by atoms with Gasteiger partial charge in [0.1, 0.15) is 6.04 Å². The van der Waals surface area contributed by atoms with Gasteiger partial charge in [0.25, 0.3) is 0 Å². The van der Waals surface area contributed by atoms with Gasteiger partial charge in [0.15, 0.2) is 0 Å². The number of rotatable bonds is 6. The minimum atomic E-state index is -1.30. The number of ether oxygens (including phenoxy) is 1. The molecule has 0 unspecified atom stereocenters. The summed E-state index contributed by atoms with van der Waals surface area (Å²) in [6.45, 7) is 3.24. The first-order chi connectivity index (χ1) is 7.74.